The lowest BCUT2D eigenvalue weighted by Gasteiger charge is -2.09. The number of nitrogens with zero attached hydrogens (tertiary/aromatic N) is 6. The van der Waals surface area contributed by atoms with Gasteiger partial charge in [-0.15, -0.1) is 10.2 Å². The fourth-order valence-corrected chi connectivity index (χ4v) is 3.33. The molecule has 0 aliphatic rings. The number of benzene rings is 2. The van der Waals surface area contributed by atoms with E-state index in [4.69, 9.17) is 0 Å². The summed E-state index contributed by atoms with van der Waals surface area (Å²) in [6.07, 6.45) is 5.01. The van der Waals surface area contributed by atoms with E-state index in [-0.39, 0.29) is 11.6 Å². The molecule has 8 nitrogen and oxygen atoms in total. The van der Waals surface area contributed by atoms with Gasteiger partial charge in [0.05, 0.1) is 6.54 Å². The highest BCUT2D eigenvalue weighted by Gasteiger charge is 2.15. The third-order valence-electron chi connectivity index (χ3n) is 4.98. The molecule has 0 atom stereocenters. The van der Waals surface area contributed by atoms with Crippen molar-refractivity contribution in [3.8, 4) is 22.5 Å². The lowest BCUT2D eigenvalue weighted by Crippen LogP contribution is -2.07. The summed E-state index contributed by atoms with van der Waals surface area (Å²) in [5, 5.41) is 18.7. The number of hydrogen-bond acceptors (Lipinski definition) is 6. The molecule has 0 spiro atoms. The first-order chi connectivity index (χ1) is 15.2. The zero-order valence-electron chi connectivity index (χ0n) is 17.5. The summed E-state index contributed by atoms with van der Waals surface area (Å²) >= 11 is 0. The van der Waals surface area contributed by atoms with E-state index in [0.29, 0.717) is 25.2 Å². The first-order valence-corrected chi connectivity index (χ1v) is 10.2. The van der Waals surface area contributed by atoms with Crippen LogP contribution in [0.5, 0.6) is 0 Å². The van der Waals surface area contributed by atoms with Gasteiger partial charge in [0.25, 0.3) is 0 Å². The van der Waals surface area contributed by atoms with Gasteiger partial charge in [-0.25, -0.2) is 14.8 Å². The van der Waals surface area contributed by atoms with E-state index in [1.54, 1.807) is 0 Å². The second kappa shape index (κ2) is 9.25. The molecule has 0 saturated heterocycles. The Morgan fingerprint density at radius 1 is 1.10 bits per heavy atom. The van der Waals surface area contributed by atoms with E-state index in [1.165, 1.54) is 0 Å². The molecule has 31 heavy (non-hydrogen) atoms. The maximum atomic E-state index is 12.1. The van der Waals surface area contributed by atoms with Crippen molar-refractivity contribution in [1.29, 1.82) is 0 Å². The number of H-pyrrole nitrogens is 1. The molecule has 0 amide bonds. The molecular formula is C23H23N7O. The minimum atomic E-state index is -0.0469. The molecule has 0 aliphatic heterocycles. The van der Waals surface area contributed by atoms with Crippen LogP contribution < -0.4 is 0 Å². The van der Waals surface area contributed by atoms with Crippen LogP contribution in [0, 0.1) is 0 Å². The lowest BCUT2D eigenvalue weighted by atomic mass is 9.98. The predicted molar refractivity (Wildman–Crippen MR) is 117 cm³/mol. The molecule has 0 bridgehead atoms. The van der Waals surface area contributed by atoms with Gasteiger partial charge in [-0.1, -0.05) is 67.6 Å². The van der Waals surface area contributed by atoms with Gasteiger partial charge in [-0.3, -0.25) is 4.79 Å². The number of carbonyl (C=O) groups excluding carboxylic acids is 1. The molecule has 156 valence electrons. The number of allylic oxidation sites excluding steroid dienone is 2. The fourth-order valence-electron chi connectivity index (χ4n) is 3.33. The molecule has 0 aliphatic carbocycles. The van der Waals surface area contributed by atoms with Crippen LogP contribution in [0.3, 0.4) is 0 Å². The Hall–Kier alpha value is -3.94. The van der Waals surface area contributed by atoms with E-state index in [1.807, 2.05) is 54.9 Å². The van der Waals surface area contributed by atoms with Crippen molar-refractivity contribution in [2.24, 2.45) is 0 Å². The monoisotopic (exact) mass is 413 g/mol. The average molecular weight is 413 g/mol. The summed E-state index contributed by atoms with van der Waals surface area (Å²) in [7, 11) is 0. The molecular weight excluding hydrogens is 390 g/mol. The van der Waals surface area contributed by atoms with Crippen molar-refractivity contribution < 1.29 is 4.79 Å². The summed E-state index contributed by atoms with van der Waals surface area (Å²) in [6.45, 7) is 4.33. The SMILES string of the molecule is C/C=C/Cc1nc(C(=O)CC)nn1Cc1ccc(-c2ccccc2-c2nnn[nH]2)cc1. The van der Waals surface area contributed by atoms with Crippen molar-refractivity contribution in [3.63, 3.8) is 0 Å². The number of Topliss-reactive ketones (excluding diaryl/α,β-unsaturated/α-hetero) is 1. The molecule has 1 N–H and O–H groups in total. The van der Waals surface area contributed by atoms with Crippen LogP contribution in [-0.4, -0.2) is 41.2 Å². The molecule has 8 heteroatoms. The Morgan fingerprint density at radius 3 is 2.55 bits per heavy atom. The highest BCUT2D eigenvalue weighted by atomic mass is 16.1. The van der Waals surface area contributed by atoms with E-state index >= 15 is 0 Å². The molecule has 0 radical (unpaired) electrons. The molecule has 2 aromatic carbocycles. The first-order valence-electron chi connectivity index (χ1n) is 10.2. The number of aromatic nitrogens is 7. The molecule has 4 aromatic rings. The van der Waals surface area contributed by atoms with Crippen LogP contribution in [0.2, 0.25) is 0 Å². The fraction of sp³-hybridized carbons (Fsp3) is 0.217. The number of carbonyl (C=O) groups is 1. The minimum absolute atomic E-state index is 0.0469. The highest BCUT2D eigenvalue weighted by molar-refractivity contribution is 5.92. The van der Waals surface area contributed by atoms with Gasteiger partial charge in [0.1, 0.15) is 5.82 Å². The predicted octanol–water partition coefficient (Wildman–Crippen LogP) is 3.88. The van der Waals surface area contributed by atoms with Gasteiger partial charge in [0, 0.05) is 18.4 Å². The van der Waals surface area contributed by atoms with Gasteiger partial charge >= 0.3 is 0 Å². The maximum Gasteiger partial charge on any atom is 0.217 e. The Morgan fingerprint density at radius 2 is 1.87 bits per heavy atom. The Bertz CT molecular complexity index is 1190. The van der Waals surface area contributed by atoms with Gasteiger partial charge in [-0.2, -0.15) is 0 Å². The van der Waals surface area contributed by atoms with E-state index in [2.05, 4.69) is 55.0 Å². The van der Waals surface area contributed by atoms with Crippen LogP contribution in [0.15, 0.2) is 60.7 Å². The first kappa shape index (κ1) is 20.3. The van der Waals surface area contributed by atoms with E-state index in [0.717, 1.165) is 28.1 Å². The van der Waals surface area contributed by atoms with Crippen molar-refractivity contribution in [2.45, 2.75) is 33.2 Å². The topological polar surface area (TPSA) is 102 Å². The molecule has 0 fully saturated rings. The largest absolute Gasteiger partial charge is 0.291 e. The van der Waals surface area contributed by atoms with Crippen LogP contribution in [0.4, 0.5) is 0 Å². The number of hydrogen-bond donors (Lipinski definition) is 1. The number of tetrazole rings is 1. The van der Waals surface area contributed by atoms with Gasteiger partial charge in [-0.05, 0) is 34.0 Å². The average Bonchev–Trinajstić information content (AvgIpc) is 3.48. The van der Waals surface area contributed by atoms with Crippen molar-refractivity contribution in [3.05, 3.63) is 77.9 Å². The summed E-state index contributed by atoms with van der Waals surface area (Å²) in [5.74, 6) is 1.65. The zero-order chi connectivity index (χ0) is 21.6. The molecule has 0 unspecified atom stereocenters. The molecule has 4 rings (SSSR count). The molecule has 2 aromatic heterocycles. The second-order valence-corrected chi connectivity index (χ2v) is 7.05. The normalized spacial score (nSPS) is 11.3. The summed E-state index contributed by atoms with van der Waals surface area (Å²) < 4.78 is 1.81. The Labute approximate surface area is 180 Å². The third-order valence-corrected chi connectivity index (χ3v) is 4.98. The van der Waals surface area contributed by atoms with Crippen molar-refractivity contribution >= 4 is 5.78 Å². The maximum absolute atomic E-state index is 12.1. The van der Waals surface area contributed by atoms with Gasteiger partial charge < -0.3 is 0 Å². The van der Waals surface area contributed by atoms with Crippen LogP contribution >= 0.6 is 0 Å². The standard InChI is InChI=1S/C23H23N7O/c1-3-5-10-21-24-23(20(31)4-2)27-30(21)15-16-11-13-17(14-12-16)18-8-6-7-9-19(18)22-25-28-29-26-22/h3,5-9,11-14H,4,10,15H2,1-2H3,(H,25,26,28,29)/b5-3+. The van der Waals surface area contributed by atoms with Crippen LogP contribution in [-0.2, 0) is 13.0 Å². The summed E-state index contributed by atoms with van der Waals surface area (Å²) in [5.41, 5.74) is 4.11. The van der Waals surface area contributed by atoms with E-state index in [9.17, 15) is 4.79 Å². The number of aromatic amines is 1. The third kappa shape index (κ3) is 4.48. The van der Waals surface area contributed by atoms with Gasteiger partial charge in [0.2, 0.25) is 11.6 Å². The quantitative estimate of drug-likeness (QED) is 0.347. The number of rotatable bonds is 8. The molecule has 2 heterocycles. The van der Waals surface area contributed by atoms with Crippen molar-refractivity contribution in [2.75, 3.05) is 0 Å². The van der Waals surface area contributed by atoms with Crippen LogP contribution in [0.25, 0.3) is 22.5 Å². The Kier molecular flexibility index (Phi) is 6.07. The van der Waals surface area contributed by atoms with Crippen LogP contribution in [0.1, 0.15) is 42.3 Å². The number of nitrogens with one attached hydrogen (secondary N) is 1. The summed E-state index contributed by atoms with van der Waals surface area (Å²) in [4.78, 5) is 16.5. The van der Waals surface area contributed by atoms with Crippen molar-refractivity contribution in [1.82, 2.24) is 35.4 Å². The number of ketones is 1. The van der Waals surface area contributed by atoms with E-state index < -0.39 is 0 Å². The lowest BCUT2D eigenvalue weighted by molar-refractivity contribution is 0.0978. The Balaban J connectivity index is 1.61. The highest BCUT2D eigenvalue weighted by Crippen LogP contribution is 2.29. The molecule has 0 saturated carbocycles. The minimum Gasteiger partial charge on any atom is -0.291 e. The smallest absolute Gasteiger partial charge is 0.217 e. The second-order valence-electron chi connectivity index (χ2n) is 7.05. The zero-order valence-corrected chi connectivity index (χ0v) is 17.5. The van der Waals surface area contributed by atoms with Gasteiger partial charge in [0.15, 0.2) is 5.82 Å². The summed E-state index contributed by atoms with van der Waals surface area (Å²) in [6, 6.07) is 16.2.